The Hall–Kier alpha value is -1.64. The van der Waals surface area contributed by atoms with Crippen LogP contribution in [0.3, 0.4) is 0 Å². The van der Waals surface area contributed by atoms with Gasteiger partial charge in [0.15, 0.2) is 5.78 Å². The van der Waals surface area contributed by atoms with Crippen LogP contribution in [-0.4, -0.2) is 17.9 Å². The highest BCUT2D eigenvalue weighted by Crippen LogP contribution is 2.22. The SMILES string of the molecule is Cc1cc(C(=O)CC(=O)OC(C)C)c(C)c(C)c1C. The molecule has 0 aromatic heterocycles. The summed E-state index contributed by atoms with van der Waals surface area (Å²) in [5.41, 5.74) is 4.95. The molecule has 0 aliphatic rings. The van der Waals surface area contributed by atoms with Crippen LogP contribution in [0.15, 0.2) is 6.07 Å². The number of aryl methyl sites for hydroxylation is 1. The van der Waals surface area contributed by atoms with Gasteiger partial charge < -0.3 is 4.74 Å². The summed E-state index contributed by atoms with van der Waals surface area (Å²) in [6.45, 7) is 11.5. The molecule has 3 nitrogen and oxygen atoms in total. The van der Waals surface area contributed by atoms with Crippen molar-refractivity contribution in [2.75, 3.05) is 0 Å². The zero-order valence-corrected chi connectivity index (χ0v) is 12.6. The molecule has 0 saturated heterocycles. The van der Waals surface area contributed by atoms with Gasteiger partial charge in [-0.05, 0) is 69.9 Å². The van der Waals surface area contributed by atoms with Crippen LogP contribution in [0.5, 0.6) is 0 Å². The van der Waals surface area contributed by atoms with E-state index in [9.17, 15) is 9.59 Å². The predicted molar refractivity (Wildman–Crippen MR) is 75.6 cm³/mol. The van der Waals surface area contributed by atoms with Gasteiger partial charge in [0.1, 0.15) is 6.42 Å². The molecule has 19 heavy (non-hydrogen) atoms. The largest absolute Gasteiger partial charge is 0.463 e. The lowest BCUT2D eigenvalue weighted by atomic mass is 9.92. The van der Waals surface area contributed by atoms with Crippen LogP contribution in [0.25, 0.3) is 0 Å². The molecule has 1 rings (SSSR count). The summed E-state index contributed by atoms with van der Waals surface area (Å²) in [6, 6.07) is 1.86. The molecule has 0 spiro atoms. The molecule has 104 valence electrons. The van der Waals surface area contributed by atoms with Crippen LogP contribution in [0.2, 0.25) is 0 Å². The maximum atomic E-state index is 12.2. The van der Waals surface area contributed by atoms with Gasteiger partial charge in [0.25, 0.3) is 0 Å². The lowest BCUT2D eigenvalue weighted by Crippen LogP contribution is -2.16. The smallest absolute Gasteiger partial charge is 0.313 e. The van der Waals surface area contributed by atoms with E-state index < -0.39 is 5.97 Å². The minimum atomic E-state index is -0.463. The Bertz CT molecular complexity index is 513. The van der Waals surface area contributed by atoms with E-state index in [-0.39, 0.29) is 18.3 Å². The fraction of sp³-hybridized carbons (Fsp3) is 0.500. The predicted octanol–water partition coefficient (Wildman–Crippen LogP) is 3.44. The number of hydrogen-bond donors (Lipinski definition) is 0. The second-order valence-electron chi connectivity index (χ2n) is 5.25. The number of esters is 1. The summed E-state index contributed by atoms with van der Waals surface area (Å²) in [7, 11) is 0. The van der Waals surface area contributed by atoms with Crippen molar-refractivity contribution >= 4 is 11.8 Å². The van der Waals surface area contributed by atoms with Crippen molar-refractivity contribution < 1.29 is 14.3 Å². The zero-order valence-electron chi connectivity index (χ0n) is 12.6. The molecule has 0 radical (unpaired) electrons. The van der Waals surface area contributed by atoms with E-state index >= 15 is 0 Å². The van der Waals surface area contributed by atoms with Gasteiger partial charge in [-0.3, -0.25) is 9.59 Å². The zero-order chi connectivity index (χ0) is 14.7. The molecule has 0 saturated carbocycles. The van der Waals surface area contributed by atoms with Crippen LogP contribution < -0.4 is 0 Å². The molecule has 0 unspecified atom stereocenters. The van der Waals surface area contributed by atoms with Gasteiger partial charge in [0.2, 0.25) is 0 Å². The second kappa shape index (κ2) is 6.00. The average Bonchev–Trinajstić information content (AvgIpc) is 2.29. The Morgan fingerprint density at radius 3 is 2.16 bits per heavy atom. The molecular formula is C16H22O3. The van der Waals surface area contributed by atoms with Crippen molar-refractivity contribution in [2.24, 2.45) is 0 Å². The molecule has 0 atom stereocenters. The first-order valence-electron chi connectivity index (χ1n) is 6.54. The Morgan fingerprint density at radius 1 is 1.05 bits per heavy atom. The summed E-state index contributed by atoms with van der Waals surface area (Å²) >= 11 is 0. The highest BCUT2D eigenvalue weighted by atomic mass is 16.5. The first kappa shape index (κ1) is 15.4. The minimum absolute atomic E-state index is 0.172. The number of benzene rings is 1. The maximum Gasteiger partial charge on any atom is 0.313 e. The molecule has 0 aliphatic heterocycles. The summed E-state index contributed by atoms with van der Waals surface area (Å²) in [5.74, 6) is -0.635. The molecule has 1 aromatic rings. The fourth-order valence-electron chi connectivity index (χ4n) is 2.03. The van der Waals surface area contributed by atoms with Crippen LogP contribution >= 0.6 is 0 Å². The third-order valence-corrected chi connectivity index (χ3v) is 3.45. The third kappa shape index (κ3) is 3.66. The highest BCUT2D eigenvalue weighted by molar-refractivity contribution is 6.07. The number of Topliss-reactive ketones (excluding diaryl/α,β-unsaturated/α-hetero) is 1. The van der Waals surface area contributed by atoms with E-state index in [1.54, 1.807) is 13.8 Å². The first-order valence-corrected chi connectivity index (χ1v) is 6.54. The summed E-state index contributed by atoms with van der Waals surface area (Å²) in [6.07, 6.45) is -0.385. The van der Waals surface area contributed by atoms with Gasteiger partial charge in [0, 0.05) is 5.56 Å². The minimum Gasteiger partial charge on any atom is -0.463 e. The van der Waals surface area contributed by atoms with Crippen LogP contribution in [0.4, 0.5) is 0 Å². The quantitative estimate of drug-likeness (QED) is 0.474. The standard InChI is InChI=1S/C16H22O3/c1-9(2)19-16(18)8-15(17)14-7-10(3)11(4)12(5)13(14)6/h7,9H,8H2,1-6H3. The van der Waals surface area contributed by atoms with E-state index in [0.29, 0.717) is 5.56 Å². The first-order chi connectivity index (χ1) is 8.73. The molecule has 3 heteroatoms. The van der Waals surface area contributed by atoms with E-state index in [1.807, 2.05) is 33.8 Å². The number of carbonyl (C=O) groups excluding carboxylic acids is 2. The van der Waals surface area contributed by atoms with Gasteiger partial charge >= 0.3 is 5.97 Å². The van der Waals surface area contributed by atoms with E-state index in [0.717, 1.165) is 16.7 Å². The second-order valence-corrected chi connectivity index (χ2v) is 5.25. The van der Waals surface area contributed by atoms with Gasteiger partial charge in [-0.15, -0.1) is 0 Å². The van der Waals surface area contributed by atoms with Gasteiger partial charge in [0.05, 0.1) is 6.10 Å². The average molecular weight is 262 g/mol. The molecule has 0 heterocycles. The lowest BCUT2D eigenvalue weighted by molar-refractivity contribution is -0.146. The highest BCUT2D eigenvalue weighted by Gasteiger charge is 2.18. The lowest BCUT2D eigenvalue weighted by Gasteiger charge is -2.13. The van der Waals surface area contributed by atoms with Crippen LogP contribution in [-0.2, 0) is 9.53 Å². The third-order valence-electron chi connectivity index (χ3n) is 3.45. The van der Waals surface area contributed by atoms with Crippen molar-refractivity contribution in [3.05, 3.63) is 33.9 Å². The van der Waals surface area contributed by atoms with Gasteiger partial charge in [-0.25, -0.2) is 0 Å². The van der Waals surface area contributed by atoms with Crippen molar-refractivity contribution in [1.29, 1.82) is 0 Å². The molecular weight excluding hydrogens is 240 g/mol. The normalized spacial score (nSPS) is 10.7. The van der Waals surface area contributed by atoms with Crippen LogP contribution in [0.1, 0.15) is 52.9 Å². The van der Waals surface area contributed by atoms with Gasteiger partial charge in [-0.2, -0.15) is 0 Å². The van der Waals surface area contributed by atoms with E-state index in [4.69, 9.17) is 4.74 Å². The molecule has 0 bridgehead atoms. The van der Waals surface area contributed by atoms with Crippen molar-refractivity contribution in [3.8, 4) is 0 Å². The summed E-state index contributed by atoms with van der Waals surface area (Å²) in [5, 5.41) is 0. The van der Waals surface area contributed by atoms with Gasteiger partial charge in [-0.1, -0.05) is 0 Å². The Labute approximate surface area is 115 Å². The number of hydrogen-bond acceptors (Lipinski definition) is 3. The van der Waals surface area contributed by atoms with Crippen LogP contribution in [0, 0.1) is 27.7 Å². The molecule has 0 fully saturated rings. The Kier molecular flexibility index (Phi) is 4.87. The molecule has 1 aromatic carbocycles. The maximum absolute atomic E-state index is 12.2. The van der Waals surface area contributed by atoms with E-state index in [1.165, 1.54) is 5.56 Å². The van der Waals surface area contributed by atoms with Crippen molar-refractivity contribution in [3.63, 3.8) is 0 Å². The molecule has 0 N–H and O–H groups in total. The monoisotopic (exact) mass is 262 g/mol. The number of ketones is 1. The van der Waals surface area contributed by atoms with E-state index in [2.05, 4.69) is 0 Å². The Balaban J connectivity index is 2.98. The summed E-state index contributed by atoms with van der Waals surface area (Å²) in [4.78, 5) is 23.7. The number of ether oxygens (including phenoxy) is 1. The molecule has 0 amide bonds. The number of rotatable bonds is 4. The number of carbonyl (C=O) groups is 2. The fourth-order valence-corrected chi connectivity index (χ4v) is 2.03. The Morgan fingerprint density at radius 2 is 1.63 bits per heavy atom. The molecule has 0 aliphatic carbocycles. The summed E-state index contributed by atoms with van der Waals surface area (Å²) < 4.78 is 5.01. The van der Waals surface area contributed by atoms with Crippen molar-refractivity contribution in [2.45, 2.75) is 54.1 Å². The topological polar surface area (TPSA) is 43.4 Å². The van der Waals surface area contributed by atoms with Crippen molar-refractivity contribution in [1.82, 2.24) is 0 Å².